The van der Waals surface area contributed by atoms with Gasteiger partial charge in [0.2, 0.25) is 5.91 Å². The average Bonchev–Trinajstić information content (AvgIpc) is 2.98. The maximum atomic E-state index is 13.3. The van der Waals surface area contributed by atoms with Crippen molar-refractivity contribution < 1.29 is 18.7 Å². The number of alkyl halides is 1. The molecule has 0 aliphatic carbocycles. The van der Waals surface area contributed by atoms with Gasteiger partial charge in [0.25, 0.3) is 0 Å². The zero-order valence-corrected chi connectivity index (χ0v) is 12.9. The molecule has 22 heavy (non-hydrogen) atoms. The third-order valence-electron chi connectivity index (χ3n) is 4.41. The number of carbonyl (C=O) groups excluding carboxylic acids is 1. The largest absolute Gasteiger partial charge is 0.493 e. The van der Waals surface area contributed by atoms with Gasteiger partial charge in [-0.25, -0.2) is 4.39 Å². The van der Waals surface area contributed by atoms with Gasteiger partial charge in [0.05, 0.1) is 20.3 Å². The number of hydrogen-bond donors (Lipinski definition) is 1. The highest BCUT2D eigenvalue weighted by Crippen LogP contribution is 2.33. The van der Waals surface area contributed by atoms with Crippen LogP contribution in [0, 0.1) is 0 Å². The third kappa shape index (κ3) is 2.75. The molecule has 2 aliphatic heterocycles. The van der Waals surface area contributed by atoms with Gasteiger partial charge in [-0.3, -0.25) is 4.79 Å². The highest BCUT2D eigenvalue weighted by Gasteiger charge is 2.33. The molecule has 0 saturated carbocycles. The van der Waals surface area contributed by atoms with Gasteiger partial charge in [0, 0.05) is 26.1 Å². The monoisotopic (exact) mass is 308 g/mol. The van der Waals surface area contributed by atoms with Crippen molar-refractivity contribution in [3.05, 3.63) is 23.3 Å². The molecule has 0 bridgehead atoms. The third-order valence-corrected chi connectivity index (χ3v) is 4.41. The van der Waals surface area contributed by atoms with E-state index in [4.69, 9.17) is 9.47 Å². The summed E-state index contributed by atoms with van der Waals surface area (Å²) in [7, 11) is 3.21. The molecule has 1 N–H and O–H groups in total. The molecule has 0 radical (unpaired) electrons. The van der Waals surface area contributed by atoms with Crippen molar-refractivity contribution in [3.8, 4) is 11.5 Å². The Kier molecular flexibility index (Phi) is 4.20. The first-order chi connectivity index (χ1) is 10.6. The Morgan fingerprint density at radius 2 is 1.95 bits per heavy atom. The molecule has 0 aromatic heterocycles. The molecule has 0 unspecified atom stereocenters. The summed E-state index contributed by atoms with van der Waals surface area (Å²) in [5, 5.41) is 2.96. The first-order valence-electron chi connectivity index (χ1n) is 7.52. The minimum atomic E-state index is -0.921. The Morgan fingerprint density at radius 3 is 2.55 bits per heavy atom. The van der Waals surface area contributed by atoms with E-state index in [1.165, 1.54) is 5.56 Å². The fourth-order valence-electron chi connectivity index (χ4n) is 3.17. The summed E-state index contributed by atoms with van der Waals surface area (Å²) < 4.78 is 23.9. The first kappa shape index (κ1) is 15.1. The van der Waals surface area contributed by atoms with Crippen molar-refractivity contribution in [1.82, 2.24) is 10.2 Å². The lowest BCUT2D eigenvalue weighted by atomic mass is 9.98. The van der Waals surface area contributed by atoms with Crippen LogP contribution in [0.4, 0.5) is 4.39 Å². The maximum Gasteiger partial charge on any atom is 0.240 e. The van der Waals surface area contributed by atoms with Crippen LogP contribution in [0.2, 0.25) is 0 Å². The molecule has 1 saturated heterocycles. The topological polar surface area (TPSA) is 50.8 Å². The molecule has 5 nitrogen and oxygen atoms in total. The van der Waals surface area contributed by atoms with Crippen molar-refractivity contribution in [2.45, 2.75) is 31.6 Å². The van der Waals surface area contributed by atoms with Crippen LogP contribution in [0.25, 0.3) is 0 Å². The van der Waals surface area contributed by atoms with E-state index in [1.807, 2.05) is 12.1 Å². The summed E-state index contributed by atoms with van der Waals surface area (Å²) >= 11 is 0. The van der Waals surface area contributed by atoms with Gasteiger partial charge >= 0.3 is 0 Å². The summed E-state index contributed by atoms with van der Waals surface area (Å²) in [6, 6.07) is 3.51. The summed E-state index contributed by atoms with van der Waals surface area (Å²) in [5.74, 6) is 1.36. The van der Waals surface area contributed by atoms with E-state index in [9.17, 15) is 9.18 Å². The summed E-state index contributed by atoms with van der Waals surface area (Å²) in [5.41, 5.74) is 2.23. The highest BCUT2D eigenvalue weighted by atomic mass is 19.1. The van der Waals surface area contributed by atoms with Crippen LogP contribution < -0.4 is 14.8 Å². The lowest BCUT2D eigenvalue weighted by molar-refractivity contribution is -0.134. The van der Waals surface area contributed by atoms with Crippen LogP contribution in [0.1, 0.15) is 17.5 Å². The number of fused-ring (bicyclic) bond motifs is 1. The lowest BCUT2D eigenvalue weighted by Crippen LogP contribution is -2.45. The highest BCUT2D eigenvalue weighted by molar-refractivity contribution is 5.82. The number of carbonyl (C=O) groups is 1. The van der Waals surface area contributed by atoms with E-state index in [1.54, 1.807) is 19.1 Å². The van der Waals surface area contributed by atoms with Crippen LogP contribution in [-0.2, 0) is 17.8 Å². The molecule has 2 aliphatic rings. The van der Waals surface area contributed by atoms with Gasteiger partial charge in [0.15, 0.2) is 11.5 Å². The number of methoxy groups -OCH3 is 2. The van der Waals surface area contributed by atoms with E-state index < -0.39 is 12.2 Å². The van der Waals surface area contributed by atoms with Crippen molar-refractivity contribution in [2.24, 2.45) is 0 Å². The Bertz CT molecular complexity index is 579. The standard InChI is InChI=1S/C16H21FN2O3/c1-21-14-5-10-3-4-19(9-11(10)6-15(14)22-2)16(20)13-7-12(17)8-18-13/h5-6,12-13,18H,3-4,7-9H2,1-2H3/t12-,13+/m0/s1. The molecule has 3 rings (SSSR count). The number of halogens is 1. The number of rotatable bonds is 3. The molecule has 6 heteroatoms. The number of hydrogen-bond acceptors (Lipinski definition) is 4. The Morgan fingerprint density at radius 1 is 1.27 bits per heavy atom. The van der Waals surface area contributed by atoms with Gasteiger partial charge in [0.1, 0.15) is 6.17 Å². The van der Waals surface area contributed by atoms with E-state index in [0.29, 0.717) is 24.6 Å². The maximum absolute atomic E-state index is 13.3. The molecule has 1 aromatic carbocycles. The zero-order chi connectivity index (χ0) is 15.7. The van der Waals surface area contributed by atoms with Gasteiger partial charge in [-0.1, -0.05) is 0 Å². The minimum absolute atomic E-state index is 0.0133. The van der Waals surface area contributed by atoms with Crippen LogP contribution >= 0.6 is 0 Å². The average molecular weight is 308 g/mol. The number of amides is 1. The molecule has 2 heterocycles. The quantitative estimate of drug-likeness (QED) is 0.914. The SMILES string of the molecule is COc1cc2c(cc1OC)CN(C(=O)[C@H]1C[C@H](F)CN1)CC2. The van der Waals surface area contributed by atoms with Gasteiger partial charge in [-0.05, 0) is 29.7 Å². The second-order valence-corrected chi connectivity index (χ2v) is 5.78. The first-order valence-corrected chi connectivity index (χ1v) is 7.52. The van der Waals surface area contributed by atoms with Crippen LogP contribution in [0.3, 0.4) is 0 Å². The minimum Gasteiger partial charge on any atom is -0.493 e. The molecular weight excluding hydrogens is 287 g/mol. The molecule has 120 valence electrons. The smallest absolute Gasteiger partial charge is 0.240 e. The summed E-state index contributed by atoms with van der Waals surface area (Å²) in [6.45, 7) is 1.45. The van der Waals surface area contributed by atoms with E-state index in [2.05, 4.69) is 5.32 Å². The molecule has 1 aromatic rings. The van der Waals surface area contributed by atoms with Crippen molar-refractivity contribution in [3.63, 3.8) is 0 Å². The Balaban J connectivity index is 1.77. The molecule has 0 spiro atoms. The second kappa shape index (κ2) is 6.12. The number of nitrogens with one attached hydrogen (secondary N) is 1. The molecule has 1 fully saturated rings. The predicted octanol–water partition coefficient (Wildman–Crippen LogP) is 1.29. The number of benzene rings is 1. The Hall–Kier alpha value is -1.82. The molecular formula is C16H21FN2O3. The van der Waals surface area contributed by atoms with Gasteiger partial charge in [-0.2, -0.15) is 0 Å². The predicted molar refractivity (Wildman–Crippen MR) is 80.0 cm³/mol. The summed E-state index contributed by atoms with van der Waals surface area (Å²) in [4.78, 5) is 14.3. The normalized spacial score (nSPS) is 24.0. The van der Waals surface area contributed by atoms with Gasteiger partial charge in [-0.15, -0.1) is 0 Å². The van der Waals surface area contributed by atoms with Crippen molar-refractivity contribution in [2.75, 3.05) is 27.3 Å². The second-order valence-electron chi connectivity index (χ2n) is 5.78. The lowest BCUT2D eigenvalue weighted by Gasteiger charge is -2.31. The van der Waals surface area contributed by atoms with E-state index >= 15 is 0 Å². The molecule has 2 atom stereocenters. The number of nitrogens with zero attached hydrogens (tertiary/aromatic N) is 1. The fourth-order valence-corrected chi connectivity index (χ4v) is 3.17. The van der Waals surface area contributed by atoms with Crippen LogP contribution in [-0.4, -0.2) is 50.3 Å². The van der Waals surface area contributed by atoms with Crippen molar-refractivity contribution in [1.29, 1.82) is 0 Å². The number of ether oxygens (including phenoxy) is 2. The summed E-state index contributed by atoms with van der Waals surface area (Å²) in [6.07, 6.45) is 0.122. The van der Waals surface area contributed by atoms with E-state index in [-0.39, 0.29) is 18.9 Å². The van der Waals surface area contributed by atoms with Crippen LogP contribution in [0.5, 0.6) is 11.5 Å². The van der Waals surface area contributed by atoms with Crippen LogP contribution in [0.15, 0.2) is 12.1 Å². The van der Waals surface area contributed by atoms with Gasteiger partial charge < -0.3 is 19.7 Å². The Labute approximate surface area is 129 Å². The molecule has 1 amide bonds. The fraction of sp³-hybridized carbons (Fsp3) is 0.562. The zero-order valence-electron chi connectivity index (χ0n) is 12.9. The van der Waals surface area contributed by atoms with Crippen molar-refractivity contribution >= 4 is 5.91 Å². The van der Waals surface area contributed by atoms with E-state index in [0.717, 1.165) is 12.0 Å².